The molecule has 25 heavy (non-hydrogen) atoms. The number of amides is 1. The molecule has 1 saturated heterocycles. The fourth-order valence-electron chi connectivity index (χ4n) is 3.39. The fraction of sp³-hybridized carbons (Fsp3) is 0.667. The largest absolute Gasteiger partial charge is 0.495 e. The van der Waals surface area contributed by atoms with Crippen LogP contribution in [0.1, 0.15) is 43.7 Å². The van der Waals surface area contributed by atoms with Crippen LogP contribution in [0.15, 0.2) is 18.5 Å². The van der Waals surface area contributed by atoms with E-state index in [9.17, 15) is 9.90 Å². The van der Waals surface area contributed by atoms with Crippen LogP contribution in [0, 0.1) is 5.92 Å². The molecule has 1 aliphatic carbocycles. The van der Waals surface area contributed by atoms with Crippen molar-refractivity contribution in [1.29, 1.82) is 0 Å². The van der Waals surface area contributed by atoms with E-state index in [0.29, 0.717) is 31.6 Å². The first-order valence-corrected chi connectivity index (χ1v) is 9.00. The first-order chi connectivity index (χ1) is 12.2. The molecule has 1 saturated carbocycles. The highest BCUT2D eigenvalue weighted by molar-refractivity contribution is 5.76. The number of ether oxygens (including phenoxy) is 1. The summed E-state index contributed by atoms with van der Waals surface area (Å²) in [5.41, 5.74) is 0.916. The lowest BCUT2D eigenvalue weighted by atomic mass is 9.75. The monoisotopic (exact) mass is 349 g/mol. The molecule has 2 aliphatic rings. The topological polar surface area (TPSA) is 83.9 Å². The predicted octanol–water partition coefficient (Wildman–Crippen LogP) is 1.44. The van der Waals surface area contributed by atoms with Crippen LogP contribution < -0.4 is 10.1 Å². The Kier molecular flexibility index (Phi) is 6.23. The van der Waals surface area contributed by atoms with Gasteiger partial charge < -0.3 is 15.2 Å². The Bertz CT molecular complexity index is 571. The average Bonchev–Trinajstić information content (AvgIpc) is 2.63. The molecule has 1 atom stereocenters. The summed E-state index contributed by atoms with van der Waals surface area (Å²) in [5.74, 6) is 0.876. The lowest BCUT2D eigenvalue weighted by Crippen LogP contribution is -2.42. The highest BCUT2D eigenvalue weighted by Gasteiger charge is 2.36. The summed E-state index contributed by atoms with van der Waals surface area (Å²) in [6.45, 7) is 2.22. The molecule has 1 aliphatic heterocycles. The third-order valence-electron chi connectivity index (χ3n) is 4.93. The Morgan fingerprint density at radius 2 is 2.32 bits per heavy atom. The van der Waals surface area contributed by atoms with Crippen molar-refractivity contribution in [3.05, 3.63) is 24.0 Å². The molecule has 1 amide bonds. The van der Waals surface area contributed by atoms with Crippen molar-refractivity contribution in [1.82, 2.24) is 15.4 Å². The van der Waals surface area contributed by atoms with Crippen LogP contribution in [-0.2, 0) is 9.63 Å². The van der Waals surface area contributed by atoms with Crippen molar-refractivity contribution in [2.45, 2.75) is 44.2 Å². The SMILES string of the molecule is COc1cncc([C@H](NC(=O)CCN2CCCCO2)C2CC(O)C2)c1. The molecule has 7 nitrogen and oxygen atoms in total. The molecule has 138 valence electrons. The van der Waals surface area contributed by atoms with Crippen LogP contribution in [-0.4, -0.2) is 54.0 Å². The molecular formula is C18H27N3O4. The fourth-order valence-corrected chi connectivity index (χ4v) is 3.39. The van der Waals surface area contributed by atoms with Gasteiger partial charge in [0, 0.05) is 25.7 Å². The molecule has 0 unspecified atom stereocenters. The molecule has 7 heteroatoms. The third-order valence-corrected chi connectivity index (χ3v) is 4.93. The van der Waals surface area contributed by atoms with E-state index in [4.69, 9.17) is 9.57 Å². The average molecular weight is 349 g/mol. The number of rotatable bonds is 7. The van der Waals surface area contributed by atoms with Crippen molar-refractivity contribution >= 4 is 5.91 Å². The van der Waals surface area contributed by atoms with E-state index in [1.807, 2.05) is 11.1 Å². The molecule has 1 aromatic heterocycles. The Morgan fingerprint density at radius 1 is 1.48 bits per heavy atom. The summed E-state index contributed by atoms with van der Waals surface area (Å²) in [4.78, 5) is 22.2. The van der Waals surface area contributed by atoms with Gasteiger partial charge in [0.2, 0.25) is 5.91 Å². The zero-order valence-corrected chi connectivity index (χ0v) is 14.7. The predicted molar refractivity (Wildman–Crippen MR) is 91.8 cm³/mol. The van der Waals surface area contributed by atoms with Gasteiger partial charge >= 0.3 is 0 Å². The highest BCUT2D eigenvalue weighted by atomic mass is 16.7. The maximum Gasteiger partial charge on any atom is 0.221 e. The number of carbonyl (C=O) groups is 1. The van der Waals surface area contributed by atoms with E-state index >= 15 is 0 Å². The summed E-state index contributed by atoms with van der Waals surface area (Å²) >= 11 is 0. The van der Waals surface area contributed by atoms with E-state index in [0.717, 1.165) is 31.6 Å². The number of hydrogen-bond acceptors (Lipinski definition) is 6. The van der Waals surface area contributed by atoms with Crippen molar-refractivity contribution in [2.24, 2.45) is 5.92 Å². The second kappa shape index (κ2) is 8.60. The minimum atomic E-state index is -0.273. The summed E-state index contributed by atoms with van der Waals surface area (Å²) in [7, 11) is 1.60. The van der Waals surface area contributed by atoms with Gasteiger partial charge in [-0.3, -0.25) is 14.6 Å². The number of pyridine rings is 1. The van der Waals surface area contributed by atoms with E-state index in [1.165, 1.54) is 0 Å². The molecule has 3 rings (SSSR count). The highest BCUT2D eigenvalue weighted by Crippen LogP contribution is 2.38. The number of carbonyl (C=O) groups excluding carboxylic acids is 1. The lowest BCUT2D eigenvalue weighted by molar-refractivity contribution is -0.181. The zero-order valence-electron chi connectivity index (χ0n) is 14.7. The van der Waals surface area contributed by atoms with Crippen molar-refractivity contribution in [3.63, 3.8) is 0 Å². The molecule has 0 aromatic carbocycles. The van der Waals surface area contributed by atoms with Gasteiger partial charge in [-0.25, -0.2) is 0 Å². The van der Waals surface area contributed by atoms with Crippen LogP contribution in [0.2, 0.25) is 0 Å². The number of aliphatic hydroxyl groups excluding tert-OH is 1. The number of aliphatic hydroxyl groups is 1. The van der Waals surface area contributed by atoms with Gasteiger partial charge in [0.05, 0.1) is 32.1 Å². The van der Waals surface area contributed by atoms with Gasteiger partial charge in [-0.05, 0) is 43.2 Å². The Balaban J connectivity index is 1.60. The van der Waals surface area contributed by atoms with Gasteiger partial charge in [0.15, 0.2) is 0 Å². The molecule has 1 aromatic rings. The Labute approximate surface area is 148 Å². The first kappa shape index (κ1) is 18.1. The normalized spacial score (nSPS) is 25.0. The molecule has 0 spiro atoms. The Hall–Kier alpha value is -1.70. The minimum Gasteiger partial charge on any atom is -0.495 e. The van der Waals surface area contributed by atoms with Gasteiger partial charge in [0.1, 0.15) is 5.75 Å². The van der Waals surface area contributed by atoms with Crippen molar-refractivity contribution in [2.75, 3.05) is 26.8 Å². The maximum absolute atomic E-state index is 12.4. The summed E-state index contributed by atoms with van der Waals surface area (Å²) in [5, 5.41) is 14.6. The van der Waals surface area contributed by atoms with Crippen LogP contribution in [0.5, 0.6) is 5.75 Å². The summed E-state index contributed by atoms with van der Waals surface area (Å²) < 4.78 is 5.24. The van der Waals surface area contributed by atoms with Gasteiger partial charge in [0.25, 0.3) is 0 Å². The molecule has 2 N–H and O–H groups in total. The summed E-state index contributed by atoms with van der Waals surface area (Å²) in [6, 6.07) is 1.75. The lowest BCUT2D eigenvalue weighted by Gasteiger charge is -2.38. The minimum absolute atomic E-state index is 0.0108. The van der Waals surface area contributed by atoms with Crippen LogP contribution in [0.4, 0.5) is 0 Å². The number of methoxy groups -OCH3 is 1. The number of nitrogens with one attached hydrogen (secondary N) is 1. The smallest absolute Gasteiger partial charge is 0.221 e. The molecule has 2 heterocycles. The molecular weight excluding hydrogens is 322 g/mol. The van der Waals surface area contributed by atoms with E-state index in [1.54, 1.807) is 19.5 Å². The van der Waals surface area contributed by atoms with Crippen LogP contribution >= 0.6 is 0 Å². The van der Waals surface area contributed by atoms with E-state index in [-0.39, 0.29) is 24.0 Å². The second-order valence-electron chi connectivity index (χ2n) is 6.81. The van der Waals surface area contributed by atoms with Gasteiger partial charge in [-0.15, -0.1) is 0 Å². The van der Waals surface area contributed by atoms with Crippen molar-refractivity contribution < 1.29 is 19.5 Å². The van der Waals surface area contributed by atoms with E-state index < -0.39 is 0 Å². The summed E-state index contributed by atoms with van der Waals surface area (Å²) in [6.07, 6.45) is 7.09. The van der Waals surface area contributed by atoms with Gasteiger partial charge in [-0.1, -0.05) is 0 Å². The number of aromatic nitrogens is 1. The van der Waals surface area contributed by atoms with Crippen LogP contribution in [0.3, 0.4) is 0 Å². The quantitative estimate of drug-likeness (QED) is 0.775. The number of nitrogens with zero attached hydrogens (tertiary/aromatic N) is 2. The maximum atomic E-state index is 12.4. The number of hydroxylamine groups is 2. The Morgan fingerprint density at radius 3 is 3.00 bits per heavy atom. The van der Waals surface area contributed by atoms with E-state index in [2.05, 4.69) is 10.3 Å². The number of hydrogen-bond donors (Lipinski definition) is 2. The van der Waals surface area contributed by atoms with Gasteiger partial charge in [-0.2, -0.15) is 5.06 Å². The molecule has 0 bridgehead atoms. The van der Waals surface area contributed by atoms with Crippen LogP contribution in [0.25, 0.3) is 0 Å². The third kappa shape index (κ3) is 4.90. The first-order valence-electron chi connectivity index (χ1n) is 9.00. The second-order valence-corrected chi connectivity index (χ2v) is 6.81. The zero-order chi connectivity index (χ0) is 17.6. The standard InChI is InChI=1S/C18H27N3O4/c1-24-16-10-14(11-19-12-16)18(13-8-15(22)9-13)20-17(23)4-6-21-5-2-3-7-25-21/h10-13,15,18,22H,2-9H2,1H3,(H,20,23)/t13?,15?,18-/m1/s1. The molecule has 0 radical (unpaired) electrons. The molecule has 2 fully saturated rings. The van der Waals surface area contributed by atoms with Crippen molar-refractivity contribution in [3.8, 4) is 5.75 Å².